The standard InChI is InChI=1S/C23H32N4O8/c1-13(28)19(26-20(31)15(24)9-10-18(29)30)22(33)27-11-5-8-17(27)21(32)25-16(23(34)35)12-14-6-3-2-4-7-14/h2-4,6-7,13,15-17,19,28H,5,8-12,24H2,1H3,(H,25,32)(H,26,31)(H,29,30)(H,34,35). The Morgan fingerprint density at radius 2 is 1.77 bits per heavy atom. The second kappa shape index (κ2) is 12.8. The summed E-state index contributed by atoms with van der Waals surface area (Å²) in [5, 5.41) is 33.3. The highest BCUT2D eigenvalue weighted by atomic mass is 16.4. The summed E-state index contributed by atoms with van der Waals surface area (Å²) in [4.78, 5) is 62.1. The van der Waals surface area contributed by atoms with E-state index in [-0.39, 0.29) is 32.2 Å². The van der Waals surface area contributed by atoms with Crippen LogP contribution in [0.2, 0.25) is 0 Å². The van der Waals surface area contributed by atoms with Gasteiger partial charge in [-0.15, -0.1) is 0 Å². The van der Waals surface area contributed by atoms with Crippen molar-refractivity contribution in [3.05, 3.63) is 35.9 Å². The van der Waals surface area contributed by atoms with Crippen LogP contribution in [0.15, 0.2) is 30.3 Å². The number of carbonyl (C=O) groups excluding carboxylic acids is 3. The maximum atomic E-state index is 13.2. The van der Waals surface area contributed by atoms with Crippen LogP contribution in [0.5, 0.6) is 0 Å². The first kappa shape index (κ1) is 27.7. The van der Waals surface area contributed by atoms with Crippen LogP contribution in [-0.4, -0.2) is 86.7 Å². The molecule has 35 heavy (non-hydrogen) atoms. The van der Waals surface area contributed by atoms with Crippen LogP contribution in [0.3, 0.4) is 0 Å². The number of hydrogen-bond donors (Lipinski definition) is 6. The van der Waals surface area contributed by atoms with Crippen molar-refractivity contribution in [2.24, 2.45) is 5.73 Å². The molecule has 0 aromatic heterocycles. The molecule has 0 spiro atoms. The van der Waals surface area contributed by atoms with Gasteiger partial charge in [-0.3, -0.25) is 19.2 Å². The number of nitrogens with one attached hydrogen (secondary N) is 2. The summed E-state index contributed by atoms with van der Waals surface area (Å²) in [5.74, 6) is -4.52. The van der Waals surface area contributed by atoms with Crippen molar-refractivity contribution in [3.63, 3.8) is 0 Å². The molecule has 12 nitrogen and oxygen atoms in total. The molecule has 7 N–H and O–H groups in total. The van der Waals surface area contributed by atoms with Crippen LogP contribution in [-0.2, 0) is 30.4 Å². The van der Waals surface area contributed by atoms with E-state index in [4.69, 9.17) is 10.8 Å². The smallest absolute Gasteiger partial charge is 0.326 e. The van der Waals surface area contributed by atoms with Crippen LogP contribution in [0.25, 0.3) is 0 Å². The Labute approximate surface area is 202 Å². The fourth-order valence-corrected chi connectivity index (χ4v) is 3.86. The zero-order chi connectivity index (χ0) is 26.1. The number of likely N-dealkylation sites (tertiary alicyclic amines) is 1. The molecule has 3 amide bonds. The van der Waals surface area contributed by atoms with Gasteiger partial charge in [-0.1, -0.05) is 30.3 Å². The Kier molecular flexibility index (Phi) is 10.2. The van der Waals surface area contributed by atoms with Crippen molar-refractivity contribution in [3.8, 4) is 0 Å². The molecule has 1 saturated heterocycles. The van der Waals surface area contributed by atoms with Crippen molar-refractivity contribution in [1.82, 2.24) is 15.5 Å². The fraction of sp³-hybridized carbons (Fsp3) is 0.522. The number of amides is 3. The quantitative estimate of drug-likeness (QED) is 0.208. The maximum absolute atomic E-state index is 13.2. The van der Waals surface area contributed by atoms with E-state index in [1.807, 2.05) is 0 Å². The molecule has 192 valence electrons. The van der Waals surface area contributed by atoms with Crippen molar-refractivity contribution in [1.29, 1.82) is 0 Å². The summed E-state index contributed by atoms with van der Waals surface area (Å²) in [6.45, 7) is 1.47. The highest BCUT2D eigenvalue weighted by molar-refractivity contribution is 5.95. The lowest BCUT2D eigenvalue weighted by atomic mass is 10.0. The van der Waals surface area contributed by atoms with Gasteiger partial charge in [0.05, 0.1) is 12.1 Å². The van der Waals surface area contributed by atoms with E-state index in [0.717, 1.165) is 5.56 Å². The van der Waals surface area contributed by atoms with Crippen LogP contribution in [0.1, 0.15) is 38.2 Å². The summed E-state index contributed by atoms with van der Waals surface area (Å²) in [7, 11) is 0. The fourth-order valence-electron chi connectivity index (χ4n) is 3.86. The Bertz CT molecular complexity index is 923. The van der Waals surface area contributed by atoms with E-state index in [9.17, 15) is 34.2 Å². The van der Waals surface area contributed by atoms with Crippen LogP contribution in [0, 0.1) is 0 Å². The van der Waals surface area contributed by atoms with Crippen LogP contribution < -0.4 is 16.4 Å². The first-order valence-corrected chi connectivity index (χ1v) is 11.3. The Morgan fingerprint density at radius 3 is 2.34 bits per heavy atom. The Morgan fingerprint density at radius 1 is 1.11 bits per heavy atom. The maximum Gasteiger partial charge on any atom is 0.326 e. The molecule has 0 aliphatic carbocycles. The molecule has 1 aliphatic heterocycles. The minimum absolute atomic E-state index is 0.0587. The molecule has 2 rings (SSSR count). The lowest BCUT2D eigenvalue weighted by molar-refractivity contribution is -0.146. The zero-order valence-electron chi connectivity index (χ0n) is 19.4. The van der Waals surface area contributed by atoms with Gasteiger partial charge in [-0.05, 0) is 31.7 Å². The molecule has 1 aliphatic rings. The van der Waals surface area contributed by atoms with Crippen molar-refractivity contribution in [2.45, 2.75) is 69.3 Å². The number of aliphatic hydroxyl groups excluding tert-OH is 1. The van der Waals surface area contributed by atoms with E-state index >= 15 is 0 Å². The van der Waals surface area contributed by atoms with E-state index in [2.05, 4.69) is 10.6 Å². The first-order valence-electron chi connectivity index (χ1n) is 11.3. The summed E-state index contributed by atoms with van der Waals surface area (Å²) in [6.07, 6.45) is -1.01. The molecule has 5 unspecified atom stereocenters. The van der Waals surface area contributed by atoms with Crippen molar-refractivity contribution >= 4 is 29.7 Å². The molecule has 0 saturated carbocycles. The topological polar surface area (TPSA) is 199 Å². The minimum atomic E-state index is -1.41. The molecule has 0 radical (unpaired) electrons. The average molecular weight is 493 g/mol. The number of nitrogens with two attached hydrogens (primary N) is 1. The second-order valence-electron chi connectivity index (χ2n) is 8.54. The van der Waals surface area contributed by atoms with Crippen LogP contribution >= 0.6 is 0 Å². The number of hydrogen-bond acceptors (Lipinski definition) is 7. The predicted octanol–water partition coefficient (Wildman–Crippen LogP) is -1.15. The van der Waals surface area contributed by atoms with Gasteiger partial charge in [-0.2, -0.15) is 0 Å². The van der Waals surface area contributed by atoms with Gasteiger partial charge < -0.3 is 36.6 Å². The van der Waals surface area contributed by atoms with Gasteiger partial charge >= 0.3 is 11.9 Å². The highest BCUT2D eigenvalue weighted by Crippen LogP contribution is 2.20. The average Bonchev–Trinajstić information content (AvgIpc) is 3.30. The number of aliphatic hydroxyl groups is 1. The summed E-state index contributed by atoms with van der Waals surface area (Å²) < 4.78 is 0. The molecule has 5 atom stereocenters. The number of nitrogens with zero attached hydrogens (tertiary/aromatic N) is 1. The Balaban J connectivity index is 2.08. The molecule has 12 heteroatoms. The third-order valence-electron chi connectivity index (χ3n) is 5.79. The summed E-state index contributed by atoms with van der Waals surface area (Å²) >= 11 is 0. The molecule has 1 aromatic rings. The lowest BCUT2D eigenvalue weighted by Crippen LogP contribution is -2.59. The monoisotopic (exact) mass is 492 g/mol. The number of carboxylic acid groups (broad SMARTS) is 2. The molecule has 1 heterocycles. The van der Waals surface area contributed by atoms with Gasteiger partial charge in [0.2, 0.25) is 17.7 Å². The number of carbonyl (C=O) groups is 5. The third-order valence-corrected chi connectivity index (χ3v) is 5.79. The zero-order valence-corrected chi connectivity index (χ0v) is 19.4. The van der Waals surface area contributed by atoms with E-state index in [1.54, 1.807) is 30.3 Å². The normalized spacial score (nSPS) is 18.7. The molecular weight excluding hydrogens is 460 g/mol. The molecular formula is C23H32N4O8. The van der Waals surface area contributed by atoms with Gasteiger partial charge in [0, 0.05) is 19.4 Å². The van der Waals surface area contributed by atoms with E-state index < -0.39 is 59.9 Å². The largest absolute Gasteiger partial charge is 0.481 e. The molecule has 0 bridgehead atoms. The Hall–Kier alpha value is -3.51. The number of benzene rings is 1. The third kappa shape index (κ3) is 8.04. The molecule has 1 fully saturated rings. The minimum Gasteiger partial charge on any atom is -0.481 e. The SMILES string of the molecule is CC(O)C(NC(=O)C(N)CCC(=O)O)C(=O)N1CCCC1C(=O)NC(Cc1ccccc1)C(=O)O. The van der Waals surface area contributed by atoms with Crippen molar-refractivity contribution in [2.75, 3.05) is 6.54 Å². The lowest BCUT2D eigenvalue weighted by Gasteiger charge is -2.31. The van der Waals surface area contributed by atoms with Crippen LogP contribution in [0.4, 0.5) is 0 Å². The summed E-state index contributed by atoms with van der Waals surface area (Å²) in [6, 6.07) is 3.99. The van der Waals surface area contributed by atoms with Crippen molar-refractivity contribution < 1.29 is 39.3 Å². The van der Waals surface area contributed by atoms with Gasteiger partial charge in [-0.25, -0.2) is 4.79 Å². The number of aliphatic carboxylic acids is 2. The summed E-state index contributed by atoms with van der Waals surface area (Å²) in [5.41, 5.74) is 6.41. The second-order valence-corrected chi connectivity index (χ2v) is 8.54. The molecule has 1 aromatic carbocycles. The highest BCUT2D eigenvalue weighted by Gasteiger charge is 2.40. The first-order chi connectivity index (χ1) is 16.5. The van der Waals surface area contributed by atoms with Gasteiger partial charge in [0.15, 0.2) is 0 Å². The van der Waals surface area contributed by atoms with Gasteiger partial charge in [0.25, 0.3) is 0 Å². The van der Waals surface area contributed by atoms with Gasteiger partial charge in [0.1, 0.15) is 18.1 Å². The number of carboxylic acids is 2. The van der Waals surface area contributed by atoms with E-state index in [1.165, 1.54) is 11.8 Å². The predicted molar refractivity (Wildman–Crippen MR) is 123 cm³/mol. The number of rotatable bonds is 12. The van der Waals surface area contributed by atoms with E-state index in [0.29, 0.717) is 6.42 Å².